The van der Waals surface area contributed by atoms with Crippen molar-refractivity contribution < 1.29 is 0 Å². The van der Waals surface area contributed by atoms with E-state index in [2.05, 4.69) is 4.99 Å². The van der Waals surface area contributed by atoms with E-state index in [9.17, 15) is 0 Å². The third kappa shape index (κ3) is 7.42. The zero-order valence-corrected chi connectivity index (χ0v) is 7.90. The smallest absolute Gasteiger partial charge is 0.190 e. The number of hydrogen-bond acceptors (Lipinski definition) is 2. The largest absolute Gasteiger partial charge is 0.370 e. The SMILES string of the molecule is CN(C)C(N)=NCCCN.Cl. The molecule has 0 rings (SSSR count). The Balaban J connectivity index is 0. The quantitative estimate of drug-likeness (QED) is 0.354. The van der Waals surface area contributed by atoms with Gasteiger partial charge in [0.05, 0.1) is 0 Å². The van der Waals surface area contributed by atoms with Crippen LogP contribution in [-0.4, -0.2) is 38.0 Å². The summed E-state index contributed by atoms with van der Waals surface area (Å²) in [6.07, 6.45) is 0.897. The van der Waals surface area contributed by atoms with Gasteiger partial charge in [-0.15, -0.1) is 12.4 Å². The fourth-order valence-electron chi connectivity index (χ4n) is 0.426. The summed E-state index contributed by atoms with van der Waals surface area (Å²) in [4.78, 5) is 5.83. The third-order valence-corrected chi connectivity index (χ3v) is 1.09. The molecule has 0 aromatic rings. The zero-order valence-electron chi connectivity index (χ0n) is 7.08. The van der Waals surface area contributed by atoms with E-state index in [4.69, 9.17) is 11.5 Å². The Labute approximate surface area is 74.1 Å². The molecule has 0 saturated carbocycles. The molecule has 0 aliphatic carbocycles. The minimum absolute atomic E-state index is 0. The Morgan fingerprint density at radius 2 is 2.00 bits per heavy atom. The van der Waals surface area contributed by atoms with Crippen molar-refractivity contribution in [3.8, 4) is 0 Å². The number of nitrogens with zero attached hydrogens (tertiary/aromatic N) is 2. The first-order chi connectivity index (χ1) is 4.68. The summed E-state index contributed by atoms with van der Waals surface area (Å²) in [5.74, 6) is 0.563. The molecule has 4 nitrogen and oxygen atoms in total. The molecule has 0 aliphatic rings. The number of rotatable bonds is 3. The highest BCUT2D eigenvalue weighted by molar-refractivity contribution is 5.85. The van der Waals surface area contributed by atoms with Crippen molar-refractivity contribution in [2.75, 3.05) is 27.2 Å². The fraction of sp³-hybridized carbons (Fsp3) is 0.833. The van der Waals surface area contributed by atoms with Crippen LogP contribution in [0.1, 0.15) is 6.42 Å². The van der Waals surface area contributed by atoms with Crippen LogP contribution in [0.4, 0.5) is 0 Å². The molecule has 0 atom stereocenters. The molecule has 0 fully saturated rings. The number of hydrogen-bond donors (Lipinski definition) is 2. The first-order valence-electron chi connectivity index (χ1n) is 3.35. The highest BCUT2D eigenvalue weighted by atomic mass is 35.5. The Morgan fingerprint density at radius 3 is 2.36 bits per heavy atom. The second-order valence-corrected chi connectivity index (χ2v) is 2.28. The average molecular weight is 181 g/mol. The van der Waals surface area contributed by atoms with E-state index >= 15 is 0 Å². The topological polar surface area (TPSA) is 67.6 Å². The van der Waals surface area contributed by atoms with Crippen LogP contribution in [0.3, 0.4) is 0 Å². The summed E-state index contributed by atoms with van der Waals surface area (Å²) in [6, 6.07) is 0. The third-order valence-electron chi connectivity index (χ3n) is 1.09. The van der Waals surface area contributed by atoms with Crippen LogP contribution in [0.2, 0.25) is 0 Å². The minimum atomic E-state index is 0. The van der Waals surface area contributed by atoms with Crippen LogP contribution in [0.5, 0.6) is 0 Å². The molecule has 0 aromatic carbocycles. The summed E-state index contributed by atoms with van der Waals surface area (Å²) in [6.45, 7) is 1.39. The minimum Gasteiger partial charge on any atom is -0.370 e. The van der Waals surface area contributed by atoms with E-state index in [1.54, 1.807) is 4.90 Å². The first-order valence-corrected chi connectivity index (χ1v) is 3.35. The van der Waals surface area contributed by atoms with Gasteiger partial charge < -0.3 is 16.4 Å². The summed E-state index contributed by atoms with van der Waals surface area (Å²) in [7, 11) is 3.72. The van der Waals surface area contributed by atoms with Gasteiger partial charge in [0.15, 0.2) is 5.96 Å². The summed E-state index contributed by atoms with van der Waals surface area (Å²) in [5, 5.41) is 0. The molecule has 0 bridgehead atoms. The van der Waals surface area contributed by atoms with E-state index < -0.39 is 0 Å². The van der Waals surface area contributed by atoms with E-state index in [1.807, 2.05) is 14.1 Å². The van der Waals surface area contributed by atoms with Gasteiger partial charge in [-0.1, -0.05) is 0 Å². The van der Waals surface area contributed by atoms with Gasteiger partial charge in [0.1, 0.15) is 0 Å². The molecule has 0 radical (unpaired) electrons. The lowest BCUT2D eigenvalue weighted by Crippen LogP contribution is -2.30. The molecule has 0 amide bonds. The predicted octanol–water partition coefficient (Wildman–Crippen LogP) is -0.367. The average Bonchev–Trinajstić information content (AvgIpc) is 1.88. The number of aliphatic imine (C=N–C) groups is 1. The molecule has 0 heterocycles. The highest BCUT2D eigenvalue weighted by Crippen LogP contribution is 1.79. The lowest BCUT2D eigenvalue weighted by Gasteiger charge is -2.09. The van der Waals surface area contributed by atoms with E-state index in [0.717, 1.165) is 13.0 Å². The van der Waals surface area contributed by atoms with Crippen LogP contribution in [0, 0.1) is 0 Å². The number of nitrogens with two attached hydrogens (primary N) is 2. The van der Waals surface area contributed by atoms with Crippen molar-refractivity contribution >= 4 is 18.4 Å². The maximum atomic E-state index is 5.49. The molecule has 11 heavy (non-hydrogen) atoms. The Kier molecular flexibility index (Phi) is 9.10. The van der Waals surface area contributed by atoms with Crippen molar-refractivity contribution in [3.63, 3.8) is 0 Å². The molecule has 0 saturated heterocycles. The molecule has 0 aliphatic heterocycles. The van der Waals surface area contributed by atoms with Crippen molar-refractivity contribution in [3.05, 3.63) is 0 Å². The lowest BCUT2D eigenvalue weighted by atomic mass is 10.4. The van der Waals surface area contributed by atoms with Crippen molar-refractivity contribution in [2.45, 2.75) is 6.42 Å². The molecule has 0 unspecified atom stereocenters. The molecule has 68 valence electrons. The van der Waals surface area contributed by atoms with Gasteiger partial charge in [-0.3, -0.25) is 4.99 Å². The zero-order chi connectivity index (χ0) is 7.98. The molecular formula is C6H17ClN4. The summed E-state index contributed by atoms with van der Waals surface area (Å²) < 4.78 is 0. The standard InChI is InChI=1S/C6H16N4.ClH/c1-10(2)6(8)9-5-3-4-7;/h3-5,7H2,1-2H3,(H2,8,9);1H. The molecule has 0 spiro atoms. The van der Waals surface area contributed by atoms with Gasteiger partial charge in [-0.05, 0) is 13.0 Å². The van der Waals surface area contributed by atoms with E-state index in [0.29, 0.717) is 12.5 Å². The van der Waals surface area contributed by atoms with Crippen molar-refractivity contribution in [1.29, 1.82) is 0 Å². The number of halogens is 1. The first kappa shape index (κ1) is 13.1. The molecule has 5 heteroatoms. The van der Waals surface area contributed by atoms with E-state index in [1.165, 1.54) is 0 Å². The summed E-state index contributed by atoms with van der Waals surface area (Å²) >= 11 is 0. The second-order valence-electron chi connectivity index (χ2n) is 2.28. The maximum Gasteiger partial charge on any atom is 0.190 e. The van der Waals surface area contributed by atoms with Crippen molar-refractivity contribution in [1.82, 2.24) is 4.90 Å². The van der Waals surface area contributed by atoms with Crippen LogP contribution in [0.25, 0.3) is 0 Å². The normalized spacial score (nSPS) is 10.6. The molecule has 0 aromatic heterocycles. The van der Waals surface area contributed by atoms with Crippen molar-refractivity contribution in [2.24, 2.45) is 16.5 Å². The number of guanidine groups is 1. The van der Waals surface area contributed by atoms with Gasteiger partial charge in [-0.2, -0.15) is 0 Å². The van der Waals surface area contributed by atoms with Gasteiger partial charge in [0.25, 0.3) is 0 Å². The molecule has 4 N–H and O–H groups in total. The van der Waals surface area contributed by atoms with Gasteiger partial charge in [-0.25, -0.2) is 0 Å². The Bertz CT molecular complexity index is 113. The fourth-order valence-corrected chi connectivity index (χ4v) is 0.426. The summed E-state index contributed by atoms with van der Waals surface area (Å²) in [5.41, 5.74) is 10.8. The highest BCUT2D eigenvalue weighted by Gasteiger charge is 1.90. The Hall–Kier alpha value is -0.480. The van der Waals surface area contributed by atoms with Gasteiger partial charge >= 0.3 is 0 Å². The predicted molar refractivity (Wildman–Crippen MR) is 51.1 cm³/mol. The van der Waals surface area contributed by atoms with Crippen LogP contribution >= 0.6 is 12.4 Å². The van der Waals surface area contributed by atoms with Gasteiger partial charge in [0, 0.05) is 20.6 Å². The van der Waals surface area contributed by atoms with Crippen LogP contribution in [0.15, 0.2) is 4.99 Å². The van der Waals surface area contributed by atoms with E-state index in [-0.39, 0.29) is 12.4 Å². The van der Waals surface area contributed by atoms with Crippen LogP contribution in [-0.2, 0) is 0 Å². The second kappa shape index (κ2) is 7.63. The maximum absolute atomic E-state index is 5.49. The lowest BCUT2D eigenvalue weighted by molar-refractivity contribution is 0.608. The van der Waals surface area contributed by atoms with Gasteiger partial charge in [0.2, 0.25) is 0 Å². The van der Waals surface area contributed by atoms with Crippen LogP contribution < -0.4 is 11.5 Å². The molecular weight excluding hydrogens is 164 g/mol. The Morgan fingerprint density at radius 1 is 1.45 bits per heavy atom. The monoisotopic (exact) mass is 180 g/mol.